The van der Waals surface area contributed by atoms with Gasteiger partial charge in [-0.25, -0.2) is 4.98 Å². The molecule has 148 valence electrons. The van der Waals surface area contributed by atoms with Gasteiger partial charge in [-0.1, -0.05) is 13.8 Å². The van der Waals surface area contributed by atoms with Crippen molar-refractivity contribution in [2.45, 2.75) is 33.6 Å². The highest BCUT2D eigenvalue weighted by atomic mass is 32.1. The summed E-state index contributed by atoms with van der Waals surface area (Å²) in [6.07, 6.45) is 2.37. The van der Waals surface area contributed by atoms with E-state index in [-0.39, 0.29) is 26.4 Å². The van der Waals surface area contributed by atoms with Crippen LogP contribution in [0.2, 0.25) is 0 Å². The number of thiocarbonyl (C=S) groups is 1. The molecule has 0 saturated carbocycles. The Morgan fingerprint density at radius 2 is 2.21 bits per heavy atom. The van der Waals surface area contributed by atoms with E-state index >= 15 is 0 Å². The summed E-state index contributed by atoms with van der Waals surface area (Å²) < 4.78 is 5.86. The second-order valence-electron chi connectivity index (χ2n) is 7.12. The lowest BCUT2D eigenvalue weighted by molar-refractivity contribution is -0.380. The predicted octanol–water partition coefficient (Wildman–Crippen LogP) is 2.71. The highest BCUT2D eigenvalue weighted by molar-refractivity contribution is 7.80. The zero-order chi connectivity index (χ0) is 20.6. The Balaban J connectivity index is 1.93. The zero-order valence-electron chi connectivity index (χ0n) is 15.4. The molecule has 0 atom stereocenters. The van der Waals surface area contributed by atoms with Gasteiger partial charge in [0, 0.05) is 17.5 Å². The van der Waals surface area contributed by atoms with Crippen LogP contribution in [0.3, 0.4) is 0 Å². The van der Waals surface area contributed by atoms with Crippen molar-refractivity contribution < 1.29 is 14.1 Å². The summed E-state index contributed by atoms with van der Waals surface area (Å²) in [4.78, 5) is 26.7. The number of furan rings is 1. The predicted molar refractivity (Wildman–Crippen MR) is 109 cm³/mol. The molecule has 28 heavy (non-hydrogen) atoms. The number of thiazole rings is 1. The first-order valence-electron chi connectivity index (χ1n) is 8.23. The van der Waals surface area contributed by atoms with Gasteiger partial charge in [-0.15, -0.1) is 0 Å². The molecule has 0 spiro atoms. The normalized spacial score (nSPS) is 16.5. The molecule has 1 amide bonds. The summed E-state index contributed by atoms with van der Waals surface area (Å²) in [6.45, 7) is 5.90. The molecule has 4 N–H and O–H groups in total. The minimum Gasteiger partial charge on any atom is -0.455 e. The van der Waals surface area contributed by atoms with Crippen LogP contribution in [-0.2, 0) is 6.42 Å². The number of nitro groups is 1. The van der Waals surface area contributed by atoms with Crippen molar-refractivity contribution in [3.8, 4) is 0 Å². The number of nitrogens with zero attached hydrogens (tertiary/aromatic N) is 3. The van der Waals surface area contributed by atoms with E-state index in [1.807, 2.05) is 0 Å². The molecule has 0 unspecified atom stereocenters. The zero-order valence-corrected chi connectivity index (χ0v) is 17.0. The summed E-state index contributed by atoms with van der Waals surface area (Å²) in [5.74, 6) is 0.228. The lowest BCUT2D eigenvalue weighted by Crippen LogP contribution is -2.31. The number of amides is 1. The molecule has 1 aliphatic rings. The van der Waals surface area contributed by atoms with Gasteiger partial charge in [-0.3, -0.25) is 25.7 Å². The Morgan fingerprint density at radius 1 is 1.50 bits per heavy atom. The number of hydrazone groups is 1. The summed E-state index contributed by atoms with van der Waals surface area (Å²) in [6, 6.07) is 0. The Bertz CT molecular complexity index is 1010. The maximum absolute atomic E-state index is 12.7. The molecule has 0 aliphatic heterocycles. The Kier molecular flexibility index (Phi) is 5.17. The van der Waals surface area contributed by atoms with Gasteiger partial charge < -0.3 is 10.2 Å². The molecular weight excluding hydrogens is 404 g/mol. The number of hydrogen-bond acceptors (Lipinski definition) is 8. The van der Waals surface area contributed by atoms with E-state index in [1.165, 1.54) is 0 Å². The number of carbonyl (C=O) groups is 1. The Hall–Kier alpha value is -2.86. The molecule has 0 bridgehead atoms. The van der Waals surface area contributed by atoms with Gasteiger partial charge in [0.2, 0.25) is 0 Å². The lowest BCUT2D eigenvalue weighted by atomic mass is 9.75. The SMILES string of the molecule is Cc1c(C(=O)Nc2ncc([N+](=O)[O-])s2)oc2c1/C(=N\NC(N)=S)CC(C)(C)C2. The van der Waals surface area contributed by atoms with Gasteiger partial charge >= 0.3 is 5.00 Å². The Labute approximate surface area is 169 Å². The molecule has 2 heterocycles. The molecule has 2 aromatic rings. The molecular formula is C16H18N6O4S2. The van der Waals surface area contributed by atoms with Gasteiger partial charge in [0.15, 0.2) is 16.0 Å². The van der Waals surface area contributed by atoms with E-state index in [4.69, 9.17) is 22.4 Å². The van der Waals surface area contributed by atoms with Crippen molar-refractivity contribution in [3.05, 3.63) is 39.0 Å². The Morgan fingerprint density at radius 3 is 2.82 bits per heavy atom. The van der Waals surface area contributed by atoms with Crippen molar-refractivity contribution in [3.63, 3.8) is 0 Å². The van der Waals surface area contributed by atoms with Gasteiger partial charge in [-0.05, 0) is 42.3 Å². The monoisotopic (exact) mass is 422 g/mol. The van der Waals surface area contributed by atoms with Crippen molar-refractivity contribution in [2.24, 2.45) is 16.3 Å². The first kappa shape index (κ1) is 19.9. The minimum absolute atomic E-state index is 0.0434. The number of rotatable bonds is 4. The summed E-state index contributed by atoms with van der Waals surface area (Å²) in [5.41, 5.74) is 10.0. The van der Waals surface area contributed by atoms with Crippen LogP contribution >= 0.6 is 23.6 Å². The van der Waals surface area contributed by atoms with Crippen LogP contribution < -0.4 is 16.5 Å². The number of hydrogen-bond donors (Lipinski definition) is 3. The van der Waals surface area contributed by atoms with Crippen molar-refractivity contribution in [1.82, 2.24) is 10.4 Å². The van der Waals surface area contributed by atoms with Gasteiger partial charge in [0.1, 0.15) is 12.0 Å². The maximum Gasteiger partial charge on any atom is 0.345 e. The molecule has 10 nitrogen and oxygen atoms in total. The van der Waals surface area contributed by atoms with Crippen molar-refractivity contribution in [1.29, 1.82) is 0 Å². The van der Waals surface area contributed by atoms with E-state index in [1.54, 1.807) is 6.92 Å². The lowest BCUT2D eigenvalue weighted by Gasteiger charge is -2.29. The number of nitrogens with two attached hydrogens (primary N) is 1. The van der Waals surface area contributed by atoms with E-state index in [0.717, 1.165) is 23.1 Å². The molecule has 0 radical (unpaired) electrons. The third-order valence-corrected chi connectivity index (χ3v) is 5.15. The van der Waals surface area contributed by atoms with E-state index in [2.05, 4.69) is 34.7 Å². The number of carbonyl (C=O) groups excluding carboxylic acids is 1. The summed E-state index contributed by atoms with van der Waals surface area (Å²) in [7, 11) is 0. The minimum atomic E-state index is -0.566. The van der Waals surface area contributed by atoms with Crippen molar-refractivity contribution in [2.75, 3.05) is 5.32 Å². The second kappa shape index (κ2) is 7.28. The number of fused-ring (bicyclic) bond motifs is 1. The first-order valence-corrected chi connectivity index (χ1v) is 9.46. The average molecular weight is 422 g/mol. The van der Waals surface area contributed by atoms with Gasteiger partial charge in [-0.2, -0.15) is 5.10 Å². The van der Waals surface area contributed by atoms with E-state index < -0.39 is 10.8 Å². The van der Waals surface area contributed by atoms with Gasteiger partial charge in [0.25, 0.3) is 5.91 Å². The topological polar surface area (TPSA) is 149 Å². The molecule has 3 rings (SSSR count). The summed E-state index contributed by atoms with van der Waals surface area (Å²) in [5, 5.41) is 17.6. The van der Waals surface area contributed by atoms with Gasteiger partial charge in [0.05, 0.1) is 10.6 Å². The molecule has 0 aromatic carbocycles. The van der Waals surface area contributed by atoms with E-state index in [0.29, 0.717) is 29.9 Å². The third kappa shape index (κ3) is 4.02. The summed E-state index contributed by atoms with van der Waals surface area (Å²) >= 11 is 5.58. The molecule has 1 aliphatic carbocycles. The average Bonchev–Trinajstić information content (AvgIpc) is 3.16. The van der Waals surface area contributed by atoms with Crippen LogP contribution in [0.5, 0.6) is 0 Å². The molecule has 0 fully saturated rings. The maximum atomic E-state index is 12.7. The van der Waals surface area contributed by atoms with Crippen LogP contribution in [-0.4, -0.2) is 26.6 Å². The van der Waals surface area contributed by atoms with Crippen LogP contribution in [0.1, 0.15) is 47.7 Å². The van der Waals surface area contributed by atoms with E-state index in [9.17, 15) is 14.9 Å². The van der Waals surface area contributed by atoms with Crippen LogP contribution in [0, 0.1) is 22.5 Å². The fourth-order valence-electron chi connectivity index (χ4n) is 3.11. The third-order valence-electron chi connectivity index (χ3n) is 4.19. The second-order valence-corrected chi connectivity index (χ2v) is 8.57. The largest absolute Gasteiger partial charge is 0.455 e. The molecule has 0 saturated heterocycles. The fourth-order valence-corrected chi connectivity index (χ4v) is 3.78. The quantitative estimate of drug-likeness (QED) is 0.387. The number of aromatic nitrogens is 1. The molecule has 2 aromatic heterocycles. The van der Waals surface area contributed by atoms with Crippen molar-refractivity contribution >= 4 is 50.4 Å². The number of nitrogens with one attached hydrogen (secondary N) is 2. The van der Waals surface area contributed by atoms with Crippen LogP contribution in [0.4, 0.5) is 10.1 Å². The standard InChI is InChI=1S/C16H18N6O4S2/c1-7-11-8(20-21-14(17)27)4-16(2,3)5-9(11)26-12(7)13(23)19-15-18-6-10(28-15)22(24)25/h6H,4-5H2,1-3H3,(H3,17,21,27)(H,18,19,23)/b20-8-. The van der Waals surface area contributed by atoms with Crippen LogP contribution in [0.15, 0.2) is 15.7 Å². The number of anilines is 1. The first-order chi connectivity index (χ1) is 13.1. The smallest absolute Gasteiger partial charge is 0.345 e. The molecule has 12 heteroatoms. The highest BCUT2D eigenvalue weighted by Gasteiger charge is 2.36. The fraction of sp³-hybridized carbons (Fsp3) is 0.375. The van der Waals surface area contributed by atoms with Crippen LogP contribution in [0.25, 0.3) is 0 Å². The highest BCUT2D eigenvalue weighted by Crippen LogP contribution is 2.39.